The first-order valence-corrected chi connectivity index (χ1v) is 10.9. The molecule has 0 spiro atoms. The van der Waals surface area contributed by atoms with E-state index in [0.29, 0.717) is 38.8 Å². The quantitative estimate of drug-likeness (QED) is 0.311. The van der Waals surface area contributed by atoms with Gasteiger partial charge < -0.3 is 19.9 Å². The summed E-state index contributed by atoms with van der Waals surface area (Å²) < 4.78 is 12.3. The van der Waals surface area contributed by atoms with E-state index in [1.807, 2.05) is 12.1 Å². The zero-order valence-corrected chi connectivity index (χ0v) is 20.1. The number of benzene rings is 3. The van der Waals surface area contributed by atoms with Gasteiger partial charge in [-0.1, -0.05) is 56.8 Å². The van der Waals surface area contributed by atoms with Crippen molar-refractivity contribution in [2.45, 2.75) is 13.2 Å². The van der Waals surface area contributed by atoms with E-state index in [1.54, 1.807) is 25.3 Å². The van der Waals surface area contributed by atoms with Gasteiger partial charge >= 0.3 is 5.97 Å². The van der Waals surface area contributed by atoms with Gasteiger partial charge in [0.25, 0.3) is 0 Å². The van der Waals surface area contributed by atoms with Gasteiger partial charge in [0.05, 0.1) is 33.4 Å². The smallest absolute Gasteiger partial charge is 0.335 e. The van der Waals surface area contributed by atoms with Crippen LogP contribution in [0.5, 0.6) is 11.5 Å². The molecule has 3 rings (SSSR count). The minimum atomic E-state index is -1.03. The summed E-state index contributed by atoms with van der Waals surface area (Å²) in [7, 11) is 1.56. The largest absolute Gasteiger partial charge is 0.493 e. The molecule has 5 nitrogen and oxygen atoms in total. The molecule has 2 N–H and O–H groups in total. The Morgan fingerprint density at radius 3 is 2.45 bits per heavy atom. The summed E-state index contributed by atoms with van der Waals surface area (Å²) in [5.74, 6) is 0.0410. The molecular formula is C22H17BrCl3NO4. The van der Waals surface area contributed by atoms with E-state index in [9.17, 15) is 9.90 Å². The van der Waals surface area contributed by atoms with Gasteiger partial charge in [-0.2, -0.15) is 0 Å². The van der Waals surface area contributed by atoms with Crippen LogP contribution in [0.25, 0.3) is 0 Å². The number of nitrogens with one attached hydrogen (secondary N) is 1. The number of carboxylic acid groups (broad SMARTS) is 1. The average Bonchev–Trinajstić information content (AvgIpc) is 2.74. The van der Waals surface area contributed by atoms with Crippen molar-refractivity contribution in [1.29, 1.82) is 0 Å². The first-order valence-electron chi connectivity index (χ1n) is 8.99. The second-order valence-corrected chi connectivity index (χ2v) is 8.52. The molecule has 0 fully saturated rings. The van der Waals surface area contributed by atoms with E-state index < -0.39 is 5.97 Å². The SMILES string of the molecule is COc1ccc(Br)c(CNc2cc(C(=O)O)ccc2Cl)c1OCc1ccc(Cl)c(Cl)c1. The van der Waals surface area contributed by atoms with Crippen LogP contribution in [0.4, 0.5) is 5.69 Å². The molecule has 3 aromatic carbocycles. The highest BCUT2D eigenvalue weighted by Gasteiger charge is 2.16. The number of hydrogen-bond donors (Lipinski definition) is 2. The number of aromatic carboxylic acids is 1. The molecule has 0 aliphatic heterocycles. The van der Waals surface area contributed by atoms with E-state index in [4.69, 9.17) is 44.3 Å². The fourth-order valence-corrected chi connectivity index (χ4v) is 3.79. The normalized spacial score (nSPS) is 10.6. The molecule has 0 amide bonds. The Bertz CT molecular complexity index is 1120. The molecule has 0 unspecified atom stereocenters. The summed E-state index contributed by atoms with van der Waals surface area (Å²) >= 11 is 21.8. The van der Waals surface area contributed by atoms with Gasteiger partial charge in [-0.25, -0.2) is 4.79 Å². The van der Waals surface area contributed by atoms with Crippen LogP contribution < -0.4 is 14.8 Å². The van der Waals surface area contributed by atoms with Crippen molar-refractivity contribution in [3.8, 4) is 11.5 Å². The van der Waals surface area contributed by atoms with Crippen molar-refractivity contribution < 1.29 is 19.4 Å². The van der Waals surface area contributed by atoms with Crippen molar-refractivity contribution in [3.05, 3.63) is 84.8 Å². The van der Waals surface area contributed by atoms with Crippen LogP contribution in [-0.4, -0.2) is 18.2 Å². The predicted molar refractivity (Wildman–Crippen MR) is 127 cm³/mol. The molecule has 9 heteroatoms. The van der Waals surface area contributed by atoms with Crippen LogP contribution in [0, 0.1) is 0 Å². The van der Waals surface area contributed by atoms with E-state index >= 15 is 0 Å². The van der Waals surface area contributed by atoms with Gasteiger partial charge in [0, 0.05) is 16.6 Å². The monoisotopic (exact) mass is 543 g/mol. The molecule has 31 heavy (non-hydrogen) atoms. The minimum Gasteiger partial charge on any atom is -0.493 e. The maximum atomic E-state index is 11.3. The topological polar surface area (TPSA) is 67.8 Å². The van der Waals surface area contributed by atoms with Crippen molar-refractivity contribution >= 4 is 62.4 Å². The molecule has 0 radical (unpaired) electrons. The molecule has 0 aliphatic carbocycles. The summed E-state index contributed by atoms with van der Waals surface area (Å²) in [6, 6.07) is 13.4. The molecule has 3 aromatic rings. The van der Waals surface area contributed by atoms with Gasteiger partial charge in [0.15, 0.2) is 11.5 Å². The van der Waals surface area contributed by atoms with Crippen molar-refractivity contribution in [1.82, 2.24) is 0 Å². The van der Waals surface area contributed by atoms with Gasteiger partial charge in [0.1, 0.15) is 6.61 Å². The number of anilines is 1. The number of halogens is 4. The zero-order chi connectivity index (χ0) is 22.5. The number of ether oxygens (including phenoxy) is 2. The van der Waals surface area contributed by atoms with E-state index in [0.717, 1.165) is 15.6 Å². The van der Waals surface area contributed by atoms with Crippen LogP contribution in [-0.2, 0) is 13.2 Å². The summed E-state index contributed by atoms with van der Waals surface area (Å²) in [6.45, 7) is 0.545. The third-order valence-electron chi connectivity index (χ3n) is 4.42. The molecule has 0 heterocycles. The van der Waals surface area contributed by atoms with Crippen molar-refractivity contribution in [3.63, 3.8) is 0 Å². The van der Waals surface area contributed by atoms with Gasteiger partial charge in [-0.15, -0.1) is 0 Å². The summed E-state index contributed by atoms with van der Waals surface area (Å²) in [5.41, 5.74) is 2.24. The fraction of sp³-hybridized carbons (Fsp3) is 0.136. The number of methoxy groups -OCH3 is 1. The van der Waals surface area contributed by atoms with Crippen LogP contribution in [0.2, 0.25) is 15.1 Å². The Morgan fingerprint density at radius 1 is 1.03 bits per heavy atom. The van der Waals surface area contributed by atoms with Crippen LogP contribution in [0.1, 0.15) is 21.5 Å². The van der Waals surface area contributed by atoms with Crippen LogP contribution >= 0.6 is 50.7 Å². The molecule has 0 aliphatic rings. The zero-order valence-electron chi connectivity index (χ0n) is 16.2. The third-order valence-corrected chi connectivity index (χ3v) is 6.23. The number of carbonyl (C=O) groups is 1. The maximum absolute atomic E-state index is 11.3. The summed E-state index contributed by atoms with van der Waals surface area (Å²) in [6.07, 6.45) is 0. The Balaban J connectivity index is 1.87. The molecule has 0 saturated carbocycles. The fourth-order valence-electron chi connectivity index (χ4n) is 2.83. The van der Waals surface area contributed by atoms with E-state index in [-0.39, 0.29) is 12.2 Å². The Hall–Kier alpha value is -2.12. The lowest BCUT2D eigenvalue weighted by molar-refractivity contribution is 0.0697. The van der Waals surface area contributed by atoms with Gasteiger partial charge in [-0.3, -0.25) is 0 Å². The number of carboxylic acids is 1. The first kappa shape index (κ1) is 23.5. The van der Waals surface area contributed by atoms with E-state index in [1.165, 1.54) is 18.2 Å². The molecule has 0 atom stereocenters. The number of hydrogen-bond acceptors (Lipinski definition) is 4. The molecular weight excluding hydrogens is 529 g/mol. The highest BCUT2D eigenvalue weighted by Crippen LogP contribution is 2.38. The first-order chi connectivity index (χ1) is 14.8. The molecule has 162 valence electrons. The maximum Gasteiger partial charge on any atom is 0.335 e. The average molecular weight is 546 g/mol. The molecule has 0 aromatic heterocycles. The molecule has 0 saturated heterocycles. The van der Waals surface area contributed by atoms with Crippen molar-refractivity contribution in [2.24, 2.45) is 0 Å². The van der Waals surface area contributed by atoms with Crippen LogP contribution in [0.3, 0.4) is 0 Å². The Morgan fingerprint density at radius 2 is 1.77 bits per heavy atom. The van der Waals surface area contributed by atoms with E-state index in [2.05, 4.69) is 21.2 Å². The highest BCUT2D eigenvalue weighted by atomic mass is 79.9. The molecule has 0 bridgehead atoms. The Labute approximate surface area is 203 Å². The second kappa shape index (κ2) is 10.5. The second-order valence-electron chi connectivity index (χ2n) is 6.45. The lowest BCUT2D eigenvalue weighted by atomic mass is 10.1. The Kier molecular flexibility index (Phi) is 7.94. The summed E-state index contributed by atoms with van der Waals surface area (Å²) in [5, 5.41) is 13.7. The van der Waals surface area contributed by atoms with Crippen LogP contribution in [0.15, 0.2) is 53.0 Å². The standard InChI is InChI=1S/C22H17BrCl3NO4/c1-30-20-7-4-15(23)14(10-27-19-9-13(22(28)29)3-6-17(19)25)21(20)31-11-12-2-5-16(24)18(26)8-12/h2-9,27H,10-11H2,1H3,(H,28,29). The number of rotatable bonds is 8. The third kappa shape index (κ3) is 5.77. The minimum absolute atomic E-state index is 0.132. The van der Waals surface area contributed by atoms with Crippen molar-refractivity contribution in [2.75, 3.05) is 12.4 Å². The lowest BCUT2D eigenvalue weighted by Crippen LogP contribution is -2.07. The highest BCUT2D eigenvalue weighted by molar-refractivity contribution is 9.10. The summed E-state index contributed by atoms with van der Waals surface area (Å²) in [4.78, 5) is 11.3. The van der Waals surface area contributed by atoms with Gasteiger partial charge in [0.2, 0.25) is 0 Å². The lowest BCUT2D eigenvalue weighted by Gasteiger charge is -2.18. The predicted octanol–water partition coefficient (Wildman–Crippen LogP) is 7.31. The van der Waals surface area contributed by atoms with Gasteiger partial charge in [-0.05, 0) is 48.0 Å².